The van der Waals surface area contributed by atoms with Gasteiger partial charge in [-0.2, -0.15) is 4.98 Å². The van der Waals surface area contributed by atoms with E-state index in [0.29, 0.717) is 18.4 Å². The average molecular weight is 259 g/mol. The van der Waals surface area contributed by atoms with E-state index in [-0.39, 0.29) is 0 Å². The van der Waals surface area contributed by atoms with E-state index in [4.69, 9.17) is 9.26 Å². The van der Waals surface area contributed by atoms with Crippen molar-refractivity contribution in [2.45, 2.75) is 32.4 Å². The highest BCUT2D eigenvalue weighted by Gasteiger charge is 2.16. The molecule has 0 radical (unpaired) electrons. The van der Waals surface area contributed by atoms with E-state index in [0.717, 1.165) is 25.2 Å². The minimum atomic E-state index is 0.296. The fraction of sp³-hybridized carbons (Fsp3) is 0.429. The van der Waals surface area contributed by atoms with E-state index in [1.54, 1.807) is 0 Å². The van der Waals surface area contributed by atoms with Gasteiger partial charge in [0, 0.05) is 12.5 Å². The van der Waals surface area contributed by atoms with E-state index < -0.39 is 0 Å². The SMILES string of the molecule is CCC(NCc1ncon1)c1ccc2c(c1)CCO2. The van der Waals surface area contributed by atoms with E-state index in [1.807, 2.05) is 0 Å². The summed E-state index contributed by atoms with van der Waals surface area (Å²) in [6.45, 7) is 3.58. The standard InChI is InChI=1S/C14H17N3O2/c1-2-12(15-8-14-16-9-19-17-14)10-3-4-13-11(7-10)5-6-18-13/h3-4,7,9,12,15H,2,5-6,8H2,1H3. The molecule has 1 aromatic carbocycles. The van der Waals surface area contributed by atoms with Crippen molar-refractivity contribution in [2.24, 2.45) is 0 Å². The molecule has 0 amide bonds. The zero-order chi connectivity index (χ0) is 13.1. The molecule has 1 aliphatic heterocycles. The maximum absolute atomic E-state index is 5.53. The van der Waals surface area contributed by atoms with Gasteiger partial charge in [0.15, 0.2) is 5.82 Å². The smallest absolute Gasteiger partial charge is 0.213 e. The minimum absolute atomic E-state index is 0.296. The van der Waals surface area contributed by atoms with Crippen LogP contribution in [0.25, 0.3) is 0 Å². The van der Waals surface area contributed by atoms with E-state index in [1.165, 1.54) is 17.5 Å². The number of benzene rings is 1. The molecule has 2 heterocycles. The Morgan fingerprint density at radius 2 is 2.37 bits per heavy atom. The molecule has 0 bridgehead atoms. The third kappa shape index (κ3) is 2.61. The molecule has 0 aliphatic carbocycles. The van der Waals surface area contributed by atoms with E-state index in [2.05, 4.69) is 40.6 Å². The van der Waals surface area contributed by atoms with Crippen molar-refractivity contribution in [3.05, 3.63) is 41.5 Å². The zero-order valence-electron chi connectivity index (χ0n) is 10.9. The fourth-order valence-corrected chi connectivity index (χ4v) is 2.41. The van der Waals surface area contributed by atoms with Crippen molar-refractivity contribution >= 4 is 0 Å². The van der Waals surface area contributed by atoms with Crippen molar-refractivity contribution in [3.8, 4) is 5.75 Å². The number of aromatic nitrogens is 2. The molecule has 1 unspecified atom stereocenters. The van der Waals surface area contributed by atoms with E-state index in [9.17, 15) is 0 Å². The zero-order valence-corrected chi connectivity index (χ0v) is 10.9. The van der Waals surface area contributed by atoms with E-state index >= 15 is 0 Å². The Bertz CT molecular complexity index is 540. The number of nitrogens with zero attached hydrogens (tertiary/aromatic N) is 2. The second-order valence-corrected chi connectivity index (χ2v) is 4.65. The molecule has 1 aromatic heterocycles. The lowest BCUT2D eigenvalue weighted by atomic mass is 10.0. The Labute approximate surface area is 112 Å². The molecule has 19 heavy (non-hydrogen) atoms. The maximum atomic E-state index is 5.53. The molecule has 0 saturated heterocycles. The molecule has 1 atom stereocenters. The quantitative estimate of drug-likeness (QED) is 0.892. The lowest BCUT2D eigenvalue weighted by Crippen LogP contribution is -2.21. The van der Waals surface area contributed by atoms with Gasteiger partial charge in [0.1, 0.15) is 5.75 Å². The van der Waals surface area contributed by atoms with Crippen LogP contribution in [0.15, 0.2) is 29.1 Å². The van der Waals surface area contributed by atoms with Gasteiger partial charge in [-0.05, 0) is 23.6 Å². The monoisotopic (exact) mass is 259 g/mol. The van der Waals surface area contributed by atoms with Gasteiger partial charge < -0.3 is 14.6 Å². The summed E-state index contributed by atoms with van der Waals surface area (Å²) in [4.78, 5) is 4.01. The van der Waals surface area contributed by atoms with Crippen LogP contribution in [0.5, 0.6) is 5.75 Å². The first-order chi connectivity index (χ1) is 9.36. The highest BCUT2D eigenvalue weighted by atomic mass is 16.5. The first-order valence-electron chi connectivity index (χ1n) is 6.61. The largest absolute Gasteiger partial charge is 0.493 e. The van der Waals surface area contributed by atoms with Crippen LogP contribution >= 0.6 is 0 Å². The Balaban J connectivity index is 1.71. The van der Waals surface area contributed by atoms with Crippen molar-refractivity contribution in [2.75, 3.05) is 6.61 Å². The van der Waals surface area contributed by atoms with Gasteiger partial charge in [-0.15, -0.1) is 0 Å². The van der Waals surface area contributed by atoms with Crippen LogP contribution in [0.3, 0.4) is 0 Å². The van der Waals surface area contributed by atoms with Crippen LogP contribution < -0.4 is 10.1 Å². The van der Waals surface area contributed by atoms with Gasteiger partial charge in [-0.3, -0.25) is 0 Å². The summed E-state index contributed by atoms with van der Waals surface area (Å²) in [6, 6.07) is 6.72. The fourth-order valence-electron chi connectivity index (χ4n) is 2.41. The number of hydrogen-bond acceptors (Lipinski definition) is 5. The molecule has 0 saturated carbocycles. The lowest BCUT2D eigenvalue weighted by Gasteiger charge is -2.17. The third-order valence-corrected chi connectivity index (χ3v) is 3.44. The normalized spacial score (nSPS) is 15.0. The van der Waals surface area contributed by atoms with Crippen LogP contribution in [0.1, 0.15) is 36.3 Å². The summed E-state index contributed by atoms with van der Waals surface area (Å²) in [5.41, 5.74) is 2.59. The number of fused-ring (bicyclic) bond motifs is 1. The number of nitrogens with one attached hydrogen (secondary N) is 1. The van der Waals surface area contributed by atoms with Crippen LogP contribution in [0.4, 0.5) is 0 Å². The minimum Gasteiger partial charge on any atom is -0.493 e. The van der Waals surface area contributed by atoms with Crippen molar-refractivity contribution in [3.63, 3.8) is 0 Å². The third-order valence-electron chi connectivity index (χ3n) is 3.44. The first-order valence-corrected chi connectivity index (χ1v) is 6.61. The van der Waals surface area contributed by atoms with Gasteiger partial charge in [0.25, 0.3) is 0 Å². The molecule has 1 N–H and O–H groups in total. The number of rotatable bonds is 5. The van der Waals surface area contributed by atoms with Gasteiger partial charge >= 0.3 is 0 Å². The van der Waals surface area contributed by atoms with Crippen molar-refractivity contribution in [1.82, 2.24) is 15.5 Å². The maximum Gasteiger partial charge on any atom is 0.213 e. The number of ether oxygens (including phenoxy) is 1. The summed E-state index contributed by atoms with van der Waals surface area (Å²) in [5.74, 6) is 1.71. The highest BCUT2D eigenvalue weighted by Crippen LogP contribution is 2.29. The van der Waals surface area contributed by atoms with Gasteiger partial charge in [-0.25, -0.2) is 0 Å². The van der Waals surface area contributed by atoms with Crippen LogP contribution in [-0.2, 0) is 13.0 Å². The second-order valence-electron chi connectivity index (χ2n) is 4.65. The van der Waals surface area contributed by atoms with Crippen molar-refractivity contribution in [1.29, 1.82) is 0 Å². The van der Waals surface area contributed by atoms with Gasteiger partial charge in [0.05, 0.1) is 13.2 Å². The Morgan fingerprint density at radius 3 is 3.16 bits per heavy atom. The molecule has 100 valence electrons. The second kappa shape index (κ2) is 5.40. The predicted octanol–water partition coefficient (Wildman–Crippen LogP) is 2.25. The molecule has 1 aliphatic rings. The summed E-state index contributed by atoms with van der Waals surface area (Å²) in [6.07, 6.45) is 3.37. The first kappa shape index (κ1) is 12.2. The summed E-state index contributed by atoms with van der Waals surface area (Å²) in [5, 5.41) is 7.26. The molecule has 3 rings (SSSR count). The van der Waals surface area contributed by atoms with Gasteiger partial charge in [0.2, 0.25) is 6.39 Å². The Kier molecular flexibility index (Phi) is 3.46. The molecule has 0 fully saturated rings. The van der Waals surface area contributed by atoms with Crippen molar-refractivity contribution < 1.29 is 9.26 Å². The van der Waals surface area contributed by atoms with Crippen LogP contribution in [0.2, 0.25) is 0 Å². The Hall–Kier alpha value is -1.88. The molecule has 5 heteroatoms. The Morgan fingerprint density at radius 1 is 1.42 bits per heavy atom. The lowest BCUT2D eigenvalue weighted by molar-refractivity contribution is 0.356. The number of hydrogen-bond donors (Lipinski definition) is 1. The molecular weight excluding hydrogens is 242 g/mol. The predicted molar refractivity (Wildman–Crippen MR) is 69.8 cm³/mol. The summed E-state index contributed by atoms with van der Waals surface area (Å²) in [7, 11) is 0. The summed E-state index contributed by atoms with van der Waals surface area (Å²) < 4.78 is 10.3. The molecule has 2 aromatic rings. The summed E-state index contributed by atoms with van der Waals surface area (Å²) >= 11 is 0. The average Bonchev–Trinajstić information content (AvgIpc) is 3.09. The van der Waals surface area contributed by atoms with Crippen LogP contribution in [-0.4, -0.2) is 16.7 Å². The molecular formula is C14H17N3O2. The van der Waals surface area contributed by atoms with Gasteiger partial charge in [-0.1, -0.05) is 24.2 Å². The molecule has 5 nitrogen and oxygen atoms in total. The topological polar surface area (TPSA) is 60.2 Å². The molecule has 0 spiro atoms. The highest BCUT2D eigenvalue weighted by molar-refractivity contribution is 5.40. The van der Waals surface area contributed by atoms with Crippen LogP contribution in [0, 0.1) is 0 Å².